The number of hydrogen-bond acceptors (Lipinski definition) is 2. The minimum absolute atomic E-state index is 0.391. The van der Waals surface area contributed by atoms with E-state index in [1.165, 1.54) is 25.9 Å². The number of nitrogens with one attached hydrogen (secondary N) is 1. The summed E-state index contributed by atoms with van der Waals surface area (Å²) in [4.78, 5) is 2.63. The Morgan fingerprint density at radius 2 is 2.07 bits per heavy atom. The molecule has 0 radical (unpaired) electrons. The molecule has 0 bridgehead atoms. The highest BCUT2D eigenvalue weighted by molar-refractivity contribution is 4.95. The molecule has 2 nitrogen and oxygen atoms in total. The quantitative estimate of drug-likeness (QED) is 0.744. The topological polar surface area (TPSA) is 15.3 Å². The lowest BCUT2D eigenvalue weighted by atomic mass is 9.99. The van der Waals surface area contributed by atoms with Gasteiger partial charge < -0.3 is 5.32 Å². The summed E-state index contributed by atoms with van der Waals surface area (Å²) in [6.07, 6.45) is 2.60. The lowest BCUT2D eigenvalue weighted by Crippen LogP contribution is -2.39. The predicted molar refractivity (Wildman–Crippen MR) is 62.6 cm³/mol. The van der Waals surface area contributed by atoms with Crippen molar-refractivity contribution in [3.8, 4) is 0 Å². The van der Waals surface area contributed by atoms with Gasteiger partial charge in [0.05, 0.1) is 0 Å². The lowest BCUT2D eigenvalue weighted by molar-refractivity contribution is 0.166. The summed E-state index contributed by atoms with van der Waals surface area (Å²) >= 11 is 0. The third-order valence-electron chi connectivity index (χ3n) is 3.43. The zero-order valence-corrected chi connectivity index (χ0v) is 10.4. The number of likely N-dealkylation sites (N-methyl/N-ethyl adjacent to an activating group) is 1. The first-order chi connectivity index (χ1) is 6.45. The Bertz CT molecular complexity index is 175. The van der Waals surface area contributed by atoms with Crippen LogP contribution < -0.4 is 5.32 Å². The second-order valence-corrected chi connectivity index (χ2v) is 5.63. The Hall–Kier alpha value is -0.0800. The molecule has 1 atom stereocenters. The standard InChI is InChI=1S/C12H26N2/c1-10(2)6-7-14-9-11(13-5)8-12(14,3)4/h10-11,13H,6-9H2,1-5H3. The van der Waals surface area contributed by atoms with Gasteiger partial charge in [-0.2, -0.15) is 0 Å². The molecule has 0 spiro atoms. The van der Waals surface area contributed by atoms with Crippen LogP contribution >= 0.6 is 0 Å². The molecule has 2 heteroatoms. The Kier molecular flexibility index (Phi) is 3.96. The number of hydrogen-bond donors (Lipinski definition) is 1. The minimum atomic E-state index is 0.391. The molecule has 1 fully saturated rings. The summed E-state index contributed by atoms with van der Waals surface area (Å²) in [5, 5.41) is 3.40. The molecule has 14 heavy (non-hydrogen) atoms. The second-order valence-electron chi connectivity index (χ2n) is 5.63. The first kappa shape index (κ1) is 12.0. The zero-order chi connectivity index (χ0) is 10.8. The monoisotopic (exact) mass is 198 g/mol. The van der Waals surface area contributed by atoms with Crippen LogP contribution in [0.3, 0.4) is 0 Å². The fraction of sp³-hybridized carbons (Fsp3) is 1.00. The van der Waals surface area contributed by atoms with Crippen LogP contribution in [-0.4, -0.2) is 36.6 Å². The van der Waals surface area contributed by atoms with E-state index in [4.69, 9.17) is 0 Å². The maximum Gasteiger partial charge on any atom is 0.0209 e. The molecule has 1 rings (SSSR count). The Labute approximate surface area is 89.1 Å². The van der Waals surface area contributed by atoms with Crippen LogP contribution in [0.2, 0.25) is 0 Å². The summed E-state index contributed by atoms with van der Waals surface area (Å²) in [6.45, 7) is 11.8. The molecular formula is C12H26N2. The maximum absolute atomic E-state index is 3.40. The summed E-state index contributed by atoms with van der Waals surface area (Å²) in [5.74, 6) is 0.819. The Morgan fingerprint density at radius 3 is 2.50 bits per heavy atom. The van der Waals surface area contributed by atoms with Crippen LogP contribution in [0.15, 0.2) is 0 Å². The van der Waals surface area contributed by atoms with E-state index in [1.54, 1.807) is 0 Å². The molecule has 1 aliphatic rings. The van der Waals surface area contributed by atoms with Crippen molar-refractivity contribution in [2.75, 3.05) is 20.1 Å². The largest absolute Gasteiger partial charge is 0.316 e. The van der Waals surface area contributed by atoms with Gasteiger partial charge in [0.2, 0.25) is 0 Å². The van der Waals surface area contributed by atoms with Gasteiger partial charge in [0.1, 0.15) is 0 Å². The molecule has 0 saturated carbocycles. The van der Waals surface area contributed by atoms with Crippen molar-refractivity contribution in [3.05, 3.63) is 0 Å². The van der Waals surface area contributed by atoms with Crippen molar-refractivity contribution < 1.29 is 0 Å². The highest BCUT2D eigenvalue weighted by Gasteiger charge is 2.36. The molecule has 84 valence electrons. The van der Waals surface area contributed by atoms with E-state index >= 15 is 0 Å². The van der Waals surface area contributed by atoms with Crippen LogP contribution in [0.5, 0.6) is 0 Å². The highest BCUT2D eigenvalue weighted by atomic mass is 15.2. The number of nitrogens with zero attached hydrogens (tertiary/aromatic N) is 1. The molecule has 1 heterocycles. The van der Waals surface area contributed by atoms with Crippen molar-refractivity contribution in [2.24, 2.45) is 5.92 Å². The van der Waals surface area contributed by atoms with Gasteiger partial charge in [0, 0.05) is 18.1 Å². The van der Waals surface area contributed by atoms with Gasteiger partial charge in [-0.1, -0.05) is 13.8 Å². The zero-order valence-electron chi connectivity index (χ0n) is 10.4. The SMILES string of the molecule is CNC1CN(CCC(C)C)C(C)(C)C1. The normalized spacial score (nSPS) is 27.4. The van der Waals surface area contributed by atoms with Gasteiger partial charge in [0.15, 0.2) is 0 Å². The van der Waals surface area contributed by atoms with Crippen molar-refractivity contribution in [1.29, 1.82) is 0 Å². The smallest absolute Gasteiger partial charge is 0.0209 e. The van der Waals surface area contributed by atoms with Gasteiger partial charge in [-0.3, -0.25) is 4.90 Å². The second kappa shape index (κ2) is 4.63. The van der Waals surface area contributed by atoms with E-state index in [-0.39, 0.29) is 0 Å². The molecule has 1 saturated heterocycles. The Balaban J connectivity index is 2.44. The number of rotatable bonds is 4. The maximum atomic E-state index is 3.40. The van der Waals surface area contributed by atoms with E-state index in [2.05, 4.69) is 45.0 Å². The number of likely N-dealkylation sites (tertiary alicyclic amines) is 1. The van der Waals surface area contributed by atoms with Crippen LogP contribution in [0, 0.1) is 5.92 Å². The van der Waals surface area contributed by atoms with E-state index in [0.29, 0.717) is 11.6 Å². The van der Waals surface area contributed by atoms with Crippen LogP contribution in [0.25, 0.3) is 0 Å². The predicted octanol–water partition coefficient (Wildman–Crippen LogP) is 2.10. The van der Waals surface area contributed by atoms with Gasteiger partial charge in [0.25, 0.3) is 0 Å². The molecule has 0 aliphatic carbocycles. The average Bonchev–Trinajstić information content (AvgIpc) is 2.37. The van der Waals surface area contributed by atoms with Gasteiger partial charge in [-0.05, 0) is 46.2 Å². The summed E-state index contributed by atoms with van der Waals surface area (Å²) in [6, 6.07) is 0.692. The van der Waals surface area contributed by atoms with E-state index in [0.717, 1.165) is 5.92 Å². The van der Waals surface area contributed by atoms with Crippen molar-refractivity contribution >= 4 is 0 Å². The van der Waals surface area contributed by atoms with Crippen LogP contribution in [0.1, 0.15) is 40.5 Å². The molecule has 1 unspecified atom stereocenters. The van der Waals surface area contributed by atoms with E-state index in [1.807, 2.05) is 0 Å². The van der Waals surface area contributed by atoms with E-state index < -0.39 is 0 Å². The summed E-state index contributed by atoms with van der Waals surface area (Å²) in [5.41, 5.74) is 0.391. The van der Waals surface area contributed by atoms with Crippen molar-refractivity contribution in [1.82, 2.24) is 10.2 Å². The molecular weight excluding hydrogens is 172 g/mol. The lowest BCUT2D eigenvalue weighted by Gasteiger charge is -2.31. The highest BCUT2D eigenvalue weighted by Crippen LogP contribution is 2.28. The Morgan fingerprint density at radius 1 is 1.43 bits per heavy atom. The summed E-state index contributed by atoms with van der Waals surface area (Å²) in [7, 11) is 2.08. The fourth-order valence-electron chi connectivity index (χ4n) is 2.31. The molecule has 0 aromatic carbocycles. The molecule has 0 aromatic heterocycles. The summed E-state index contributed by atoms with van der Waals surface area (Å²) < 4.78 is 0. The van der Waals surface area contributed by atoms with E-state index in [9.17, 15) is 0 Å². The van der Waals surface area contributed by atoms with Gasteiger partial charge >= 0.3 is 0 Å². The third kappa shape index (κ3) is 2.96. The van der Waals surface area contributed by atoms with Crippen molar-refractivity contribution in [3.63, 3.8) is 0 Å². The first-order valence-corrected chi connectivity index (χ1v) is 5.88. The average molecular weight is 198 g/mol. The van der Waals surface area contributed by atoms with Crippen LogP contribution in [0.4, 0.5) is 0 Å². The molecule has 1 N–H and O–H groups in total. The fourth-order valence-corrected chi connectivity index (χ4v) is 2.31. The molecule has 1 aliphatic heterocycles. The molecule has 0 amide bonds. The molecule has 0 aromatic rings. The third-order valence-corrected chi connectivity index (χ3v) is 3.43. The van der Waals surface area contributed by atoms with Gasteiger partial charge in [-0.25, -0.2) is 0 Å². The van der Waals surface area contributed by atoms with Crippen LogP contribution in [-0.2, 0) is 0 Å². The first-order valence-electron chi connectivity index (χ1n) is 5.88. The minimum Gasteiger partial charge on any atom is -0.316 e. The van der Waals surface area contributed by atoms with Gasteiger partial charge in [-0.15, -0.1) is 0 Å². The van der Waals surface area contributed by atoms with Crippen molar-refractivity contribution in [2.45, 2.75) is 52.1 Å².